The largest absolute Gasteiger partial charge is 0.351 e. The van der Waals surface area contributed by atoms with E-state index in [4.69, 9.17) is 0 Å². The Bertz CT molecular complexity index is 1390. The van der Waals surface area contributed by atoms with Gasteiger partial charge in [0.2, 0.25) is 10.0 Å². The average Bonchev–Trinajstić information content (AvgIpc) is 3.35. The van der Waals surface area contributed by atoms with Crippen molar-refractivity contribution in [3.63, 3.8) is 0 Å². The predicted octanol–water partition coefficient (Wildman–Crippen LogP) is 2.22. The van der Waals surface area contributed by atoms with E-state index in [-0.39, 0.29) is 28.8 Å². The molecule has 0 radical (unpaired) electrons. The van der Waals surface area contributed by atoms with Crippen LogP contribution in [0.5, 0.6) is 0 Å². The van der Waals surface area contributed by atoms with E-state index in [9.17, 15) is 18.0 Å². The quantitative estimate of drug-likeness (QED) is 0.507. The molecular formula is C20H18N4O4S2. The Morgan fingerprint density at radius 2 is 1.70 bits per heavy atom. The fraction of sp³-hybridized carbons (Fsp3) is 0.200. The second-order valence-corrected chi connectivity index (χ2v) is 10.1. The second kappa shape index (κ2) is 7.08. The molecular weight excluding hydrogens is 424 g/mol. The number of nitrogens with one attached hydrogen (secondary N) is 2. The van der Waals surface area contributed by atoms with Gasteiger partial charge < -0.3 is 14.9 Å². The maximum Gasteiger partial charge on any atom is 0.305 e. The molecule has 30 heavy (non-hydrogen) atoms. The number of hydrogen-bond donors (Lipinski definition) is 2. The molecule has 1 aliphatic rings. The number of aromatic amines is 2. The van der Waals surface area contributed by atoms with Gasteiger partial charge >= 0.3 is 4.87 Å². The molecule has 1 aliphatic heterocycles. The molecule has 2 aromatic carbocycles. The van der Waals surface area contributed by atoms with Gasteiger partial charge in [-0.2, -0.15) is 4.31 Å². The van der Waals surface area contributed by atoms with Crippen molar-refractivity contribution in [1.29, 1.82) is 0 Å². The number of carbonyl (C=O) groups excluding carboxylic acids is 1. The number of sulfonamides is 1. The van der Waals surface area contributed by atoms with Crippen molar-refractivity contribution < 1.29 is 13.2 Å². The van der Waals surface area contributed by atoms with E-state index in [0.29, 0.717) is 29.0 Å². The minimum Gasteiger partial charge on any atom is -0.351 e. The number of amides is 1. The van der Waals surface area contributed by atoms with Gasteiger partial charge in [0.15, 0.2) is 0 Å². The van der Waals surface area contributed by atoms with Crippen LogP contribution in [0.3, 0.4) is 0 Å². The zero-order valence-electron chi connectivity index (χ0n) is 15.8. The molecule has 2 N–H and O–H groups in total. The summed E-state index contributed by atoms with van der Waals surface area (Å²) in [7, 11) is -3.70. The van der Waals surface area contributed by atoms with Crippen LogP contribution in [0.15, 0.2) is 58.2 Å². The Kier molecular flexibility index (Phi) is 4.49. The first-order valence-corrected chi connectivity index (χ1v) is 11.7. The summed E-state index contributed by atoms with van der Waals surface area (Å²) in [4.78, 5) is 31.7. The Morgan fingerprint density at radius 1 is 0.933 bits per heavy atom. The highest BCUT2D eigenvalue weighted by Gasteiger charge is 2.31. The minimum atomic E-state index is -3.70. The molecule has 0 bridgehead atoms. The van der Waals surface area contributed by atoms with E-state index in [1.54, 1.807) is 11.0 Å². The van der Waals surface area contributed by atoms with Gasteiger partial charge in [-0.1, -0.05) is 29.5 Å². The molecule has 0 unspecified atom stereocenters. The lowest BCUT2D eigenvalue weighted by Gasteiger charge is -2.33. The van der Waals surface area contributed by atoms with Gasteiger partial charge in [0.25, 0.3) is 5.91 Å². The summed E-state index contributed by atoms with van der Waals surface area (Å²) < 4.78 is 28.1. The van der Waals surface area contributed by atoms with Crippen molar-refractivity contribution in [2.24, 2.45) is 0 Å². The van der Waals surface area contributed by atoms with Gasteiger partial charge in [-0.25, -0.2) is 8.42 Å². The Balaban J connectivity index is 1.32. The van der Waals surface area contributed by atoms with Crippen molar-refractivity contribution in [1.82, 2.24) is 19.2 Å². The smallest absolute Gasteiger partial charge is 0.305 e. The number of thiazole rings is 1. The summed E-state index contributed by atoms with van der Waals surface area (Å²) >= 11 is 0.982. The van der Waals surface area contributed by atoms with Gasteiger partial charge in [0.05, 0.1) is 15.1 Å². The number of para-hydroxylation sites is 1. The summed E-state index contributed by atoms with van der Waals surface area (Å²) in [6.45, 7) is 1.06. The van der Waals surface area contributed by atoms with Crippen molar-refractivity contribution >= 4 is 48.4 Å². The molecule has 3 heterocycles. The molecule has 2 aromatic heterocycles. The van der Waals surface area contributed by atoms with Gasteiger partial charge in [0.1, 0.15) is 5.69 Å². The zero-order valence-corrected chi connectivity index (χ0v) is 17.4. The van der Waals surface area contributed by atoms with Crippen LogP contribution in [0.25, 0.3) is 21.1 Å². The third-order valence-corrected chi connectivity index (χ3v) is 8.06. The average molecular weight is 443 g/mol. The van der Waals surface area contributed by atoms with E-state index < -0.39 is 10.0 Å². The SMILES string of the molecule is O=C(c1cc2ccccc2[nH]1)N1CCN(S(=O)(=O)c2ccc3[nH]c(=O)sc3c2)CC1. The lowest BCUT2D eigenvalue weighted by Crippen LogP contribution is -2.50. The maximum atomic E-state index is 13.0. The van der Waals surface area contributed by atoms with Gasteiger partial charge in [-0.3, -0.25) is 9.59 Å². The molecule has 5 rings (SSSR count). The summed E-state index contributed by atoms with van der Waals surface area (Å²) in [6.07, 6.45) is 0. The van der Waals surface area contributed by atoms with Crippen molar-refractivity contribution in [2.45, 2.75) is 4.90 Å². The summed E-state index contributed by atoms with van der Waals surface area (Å²) in [6, 6.07) is 14.1. The van der Waals surface area contributed by atoms with E-state index in [1.807, 2.05) is 30.3 Å². The summed E-state index contributed by atoms with van der Waals surface area (Å²) in [5.41, 5.74) is 2.02. The molecule has 0 saturated carbocycles. The van der Waals surface area contributed by atoms with E-state index in [1.165, 1.54) is 16.4 Å². The number of benzene rings is 2. The number of piperazine rings is 1. The lowest BCUT2D eigenvalue weighted by atomic mass is 10.2. The van der Waals surface area contributed by atoms with Crippen LogP contribution in [-0.2, 0) is 10.0 Å². The normalized spacial score (nSPS) is 15.8. The molecule has 8 nitrogen and oxygen atoms in total. The first-order valence-electron chi connectivity index (χ1n) is 9.42. The minimum absolute atomic E-state index is 0.137. The molecule has 1 amide bonds. The van der Waals surface area contributed by atoms with Crippen LogP contribution < -0.4 is 4.87 Å². The highest BCUT2D eigenvalue weighted by atomic mass is 32.2. The fourth-order valence-corrected chi connectivity index (χ4v) is 6.02. The topological polar surface area (TPSA) is 106 Å². The molecule has 1 saturated heterocycles. The summed E-state index contributed by atoms with van der Waals surface area (Å²) in [5.74, 6) is -0.137. The molecule has 0 spiro atoms. The van der Waals surface area contributed by atoms with Gasteiger partial charge in [-0.05, 0) is 30.3 Å². The van der Waals surface area contributed by atoms with E-state index in [0.717, 1.165) is 22.2 Å². The Labute approximate surface area is 175 Å². The number of nitrogens with zero attached hydrogens (tertiary/aromatic N) is 2. The maximum absolute atomic E-state index is 13.0. The van der Waals surface area contributed by atoms with Crippen LogP contribution in [0, 0.1) is 0 Å². The third kappa shape index (κ3) is 3.22. The zero-order chi connectivity index (χ0) is 20.9. The van der Waals surface area contributed by atoms with Crippen LogP contribution in [-0.4, -0.2) is 59.7 Å². The van der Waals surface area contributed by atoms with Gasteiger partial charge in [-0.15, -0.1) is 0 Å². The van der Waals surface area contributed by atoms with Crippen molar-refractivity contribution in [2.75, 3.05) is 26.2 Å². The highest BCUT2D eigenvalue weighted by Crippen LogP contribution is 2.24. The Morgan fingerprint density at radius 3 is 2.47 bits per heavy atom. The third-order valence-electron chi connectivity index (χ3n) is 5.32. The molecule has 0 atom stereocenters. The first kappa shape index (κ1) is 19.0. The number of fused-ring (bicyclic) bond motifs is 2. The number of H-pyrrole nitrogens is 2. The van der Waals surface area contributed by atoms with Crippen LogP contribution in [0.2, 0.25) is 0 Å². The Hall–Kier alpha value is -2.95. The molecule has 0 aliphatic carbocycles. The number of rotatable bonds is 3. The molecule has 154 valence electrons. The first-order chi connectivity index (χ1) is 14.4. The fourth-order valence-electron chi connectivity index (χ4n) is 3.73. The lowest BCUT2D eigenvalue weighted by molar-refractivity contribution is 0.0693. The van der Waals surface area contributed by atoms with Crippen LogP contribution >= 0.6 is 11.3 Å². The van der Waals surface area contributed by atoms with Crippen molar-refractivity contribution in [3.8, 4) is 0 Å². The van der Waals surface area contributed by atoms with E-state index >= 15 is 0 Å². The predicted molar refractivity (Wildman–Crippen MR) is 115 cm³/mol. The van der Waals surface area contributed by atoms with Crippen LogP contribution in [0.4, 0.5) is 0 Å². The number of aromatic nitrogens is 2. The highest BCUT2D eigenvalue weighted by molar-refractivity contribution is 7.89. The summed E-state index contributed by atoms with van der Waals surface area (Å²) in [5, 5.41) is 0.963. The van der Waals surface area contributed by atoms with Crippen molar-refractivity contribution in [3.05, 3.63) is 63.9 Å². The van der Waals surface area contributed by atoms with Crippen LogP contribution in [0.1, 0.15) is 10.5 Å². The molecule has 1 fully saturated rings. The van der Waals surface area contributed by atoms with E-state index in [2.05, 4.69) is 9.97 Å². The number of carbonyl (C=O) groups is 1. The monoisotopic (exact) mass is 442 g/mol. The molecule has 10 heteroatoms. The van der Waals surface area contributed by atoms with Gasteiger partial charge in [0, 0.05) is 37.1 Å². The standard InChI is InChI=1S/C20H18N4O4S2/c25-19(17-11-13-3-1-2-4-15(13)21-17)23-7-9-24(10-8-23)30(27,28)14-5-6-16-18(12-14)29-20(26)22-16/h1-6,11-12,21H,7-10H2,(H,22,26). The number of hydrogen-bond acceptors (Lipinski definition) is 5. The molecule has 4 aromatic rings. The second-order valence-electron chi connectivity index (χ2n) is 7.14.